The van der Waals surface area contributed by atoms with E-state index in [4.69, 9.17) is 9.47 Å². The van der Waals surface area contributed by atoms with E-state index in [-0.39, 0.29) is 30.3 Å². The molecule has 2 aromatic carbocycles. The zero-order chi connectivity index (χ0) is 17.6. The third-order valence-electron chi connectivity index (χ3n) is 3.83. The second-order valence-electron chi connectivity index (χ2n) is 5.70. The standard InChI is InChI=1S/C19H19NO5/c21-15(7-9-19(23)20-14-4-1-2-5-16(14)22)13-6-8-17-18(12-13)25-11-3-10-24-17/h1-2,4-6,8,12,22H,3,7,9-11H2,(H,20,23). The first-order chi connectivity index (χ1) is 12.1. The van der Waals surface area contributed by atoms with Crippen molar-refractivity contribution in [1.82, 2.24) is 0 Å². The Labute approximate surface area is 145 Å². The Bertz CT molecular complexity index is 787. The van der Waals surface area contributed by atoms with Gasteiger partial charge in [0.15, 0.2) is 17.3 Å². The van der Waals surface area contributed by atoms with Gasteiger partial charge in [0.05, 0.1) is 18.9 Å². The lowest BCUT2D eigenvalue weighted by Crippen LogP contribution is -2.13. The Morgan fingerprint density at radius 2 is 1.76 bits per heavy atom. The number of ketones is 1. The quantitative estimate of drug-likeness (QED) is 0.644. The summed E-state index contributed by atoms with van der Waals surface area (Å²) in [7, 11) is 0. The summed E-state index contributed by atoms with van der Waals surface area (Å²) >= 11 is 0. The molecule has 1 amide bonds. The lowest BCUT2D eigenvalue weighted by molar-refractivity contribution is -0.116. The Hall–Kier alpha value is -3.02. The molecule has 0 bridgehead atoms. The number of amides is 1. The van der Waals surface area contributed by atoms with Crippen molar-refractivity contribution in [3.05, 3.63) is 48.0 Å². The van der Waals surface area contributed by atoms with Crippen LogP contribution in [0.4, 0.5) is 5.69 Å². The summed E-state index contributed by atoms with van der Waals surface area (Å²) in [4.78, 5) is 24.3. The minimum Gasteiger partial charge on any atom is -0.506 e. The van der Waals surface area contributed by atoms with Crippen LogP contribution in [0, 0.1) is 0 Å². The number of ether oxygens (including phenoxy) is 2. The lowest BCUT2D eigenvalue weighted by Gasteiger charge is -2.09. The molecule has 0 aromatic heterocycles. The number of phenolic OH excluding ortho intramolecular Hbond substituents is 1. The van der Waals surface area contributed by atoms with Crippen LogP contribution >= 0.6 is 0 Å². The van der Waals surface area contributed by atoms with Crippen molar-refractivity contribution >= 4 is 17.4 Å². The number of nitrogens with one attached hydrogen (secondary N) is 1. The van der Waals surface area contributed by atoms with Crippen LogP contribution in [0.2, 0.25) is 0 Å². The summed E-state index contributed by atoms with van der Waals surface area (Å²) in [5.74, 6) is 0.700. The van der Waals surface area contributed by atoms with Crippen LogP contribution in [0.1, 0.15) is 29.6 Å². The number of anilines is 1. The second-order valence-corrected chi connectivity index (χ2v) is 5.70. The fourth-order valence-corrected chi connectivity index (χ4v) is 2.50. The molecule has 0 spiro atoms. The van der Waals surface area contributed by atoms with E-state index in [1.807, 2.05) is 0 Å². The first-order valence-electron chi connectivity index (χ1n) is 8.14. The number of para-hydroxylation sites is 2. The van der Waals surface area contributed by atoms with Crippen LogP contribution in [-0.4, -0.2) is 30.0 Å². The molecule has 0 aliphatic carbocycles. The topological polar surface area (TPSA) is 84.9 Å². The van der Waals surface area contributed by atoms with Crippen LogP contribution < -0.4 is 14.8 Å². The molecule has 130 valence electrons. The van der Waals surface area contributed by atoms with E-state index < -0.39 is 0 Å². The van der Waals surface area contributed by atoms with E-state index in [0.717, 1.165) is 6.42 Å². The molecule has 0 unspecified atom stereocenters. The summed E-state index contributed by atoms with van der Waals surface area (Å²) in [6, 6.07) is 11.5. The van der Waals surface area contributed by atoms with Gasteiger partial charge in [-0.15, -0.1) is 0 Å². The van der Waals surface area contributed by atoms with Crippen LogP contribution in [-0.2, 0) is 4.79 Å². The van der Waals surface area contributed by atoms with Gasteiger partial charge >= 0.3 is 0 Å². The third kappa shape index (κ3) is 4.29. The van der Waals surface area contributed by atoms with Crippen molar-refractivity contribution in [3.63, 3.8) is 0 Å². The van der Waals surface area contributed by atoms with Crippen molar-refractivity contribution in [2.75, 3.05) is 18.5 Å². The molecule has 0 saturated carbocycles. The fraction of sp³-hybridized carbons (Fsp3) is 0.263. The van der Waals surface area contributed by atoms with E-state index >= 15 is 0 Å². The molecule has 0 radical (unpaired) electrons. The molecule has 0 atom stereocenters. The van der Waals surface area contributed by atoms with Crippen LogP contribution in [0.15, 0.2) is 42.5 Å². The summed E-state index contributed by atoms with van der Waals surface area (Å²) in [6.07, 6.45) is 0.894. The van der Waals surface area contributed by atoms with Gasteiger partial charge in [-0.2, -0.15) is 0 Å². The number of benzene rings is 2. The number of hydrogen-bond acceptors (Lipinski definition) is 5. The molecular formula is C19H19NO5. The molecule has 1 heterocycles. The molecule has 2 aromatic rings. The van der Waals surface area contributed by atoms with Gasteiger partial charge in [-0.3, -0.25) is 9.59 Å². The van der Waals surface area contributed by atoms with Crippen molar-refractivity contribution in [3.8, 4) is 17.2 Å². The number of Topliss-reactive ketones (excluding diaryl/α,β-unsaturated/α-hetero) is 1. The SMILES string of the molecule is O=C(CCC(=O)c1ccc2c(c1)OCCCO2)Nc1ccccc1O. The van der Waals surface area contributed by atoms with Crippen molar-refractivity contribution in [2.24, 2.45) is 0 Å². The maximum atomic E-state index is 12.3. The molecule has 3 rings (SSSR count). The number of aromatic hydroxyl groups is 1. The van der Waals surface area contributed by atoms with Crippen LogP contribution in [0.3, 0.4) is 0 Å². The third-order valence-corrected chi connectivity index (χ3v) is 3.83. The molecule has 6 nitrogen and oxygen atoms in total. The molecular weight excluding hydrogens is 322 g/mol. The summed E-state index contributed by atoms with van der Waals surface area (Å²) in [5, 5.41) is 12.2. The molecule has 1 aliphatic heterocycles. The number of fused-ring (bicyclic) bond motifs is 1. The highest BCUT2D eigenvalue weighted by atomic mass is 16.5. The average Bonchev–Trinajstić information content (AvgIpc) is 2.86. The van der Waals surface area contributed by atoms with E-state index in [9.17, 15) is 14.7 Å². The minimum absolute atomic E-state index is 0.00919. The molecule has 2 N–H and O–H groups in total. The van der Waals surface area contributed by atoms with Gasteiger partial charge in [-0.25, -0.2) is 0 Å². The van der Waals surface area contributed by atoms with Gasteiger partial charge in [0.25, 0.3) is 0 Å². The summed E-state index contributed by atoms with van der Waals surface area (Å²) in [5.41, 5.74) is 0.815. The van der Waals surface area contributed by atoms with Gasteiger partial charge in [0.2, 0.25) is 5.91 Å². The summed E-state index contributed by atoms with van der Waals surface area (Å²) in [6.45, 7) is 1.14. The highest BCUT2D eigenvalue weighted by Crippen LogP contribution is 2.31. The Morgan fingerprint density at radius 1 is 1.00 bits per heavy atom. The molecule has 1 aliphatic rings. The van der Waals surface area contributed by atoms with Crippen molar-refractivity contribution < 1.29 is 24.2 Å². The Kier molecular flexibility index (Phi) is 5.18. The van der Waals surface area contributed by atoms with Crippen molar-refractivity contribution in [1.29, 1.82) is 0 Å². The molecule has 0 saturated heterocycles. The van der Waals surface area contributed by atoms with Gasteiger partial charge in [-0.1, -0.05) is 12.1 Å². The molecule has 25 heavy (non-hydrogen) atoms. The Morgan fingerprint density at radius 3 is 2.56 bits per heavy atom. The van der Waals surface area contributed by atoms with E-state index in [0.29, 0.717) is 36.0 Å². The van der Waals surface area contributed by atoms with Gasteiger partial charge in [0.1, 0.15) is 5.75 Å². The lowest BCUT2D eigenvalue weighted by atomic mass is 10.1. The number of rotatable bonds is 5. The monoisotopic (exact) mass is 341 g/mol. The zero-order valence-electron chi connectivity index (χ0n) is 13.7. The van der Waals surface area contributed by atoms with Crippen molar-refractivity contribution in [2.45, 2.75) is 19.3 Å². The first kappa shape index (κ1) is 16.8. The smallest absolute Gasteiger partial charge is 0.224 e. The highest BCUT2D eigenvalue weighted by molar-refractivity contribution is 6.00. The first-order valence-corrected chi connectivity index (χ1v) is 8.14. The Balaban J connectivity index is 1.58. The zero-order valence-corrected chi connectivity index (χ0v) is 13.7. The number of carbonyl (C=O) groups is 2. The van der Waals surface area contributed by atoms with Gasteiger partial charge in [-0.05, 0) is 30.3 Å². The predicted octanol–water partition coefficient (Wildman–Crippen LogP) is 3.16. The number of hydrogen-bond donors (Lipinski definition) is 2. The van der Waals surface area contributed by atoms with Crippen LogP contribution in [0.25, 0.3) is 0 Å². The molecule has 6 heteroatoms. The highest BCUT2D eigenvalue weighted by Gasteiger charge is 2.15. The van der Waals surface area contributed by atoms with E-state index in [1.165, 1.54) is 6.07 Å². The fourth-order valence-electron chi connectivity index (χ4n) is 2.50. The summed E-state index contributed by atoms with van der Waals surface area (Å²) < 4.78 is 11.1. The van der Waals surface area contributed by atoms with E-state index in [1.54, 1.807) is 36.4 Å². The maximum Gasteiger partial charge on any atom is 0.224 e. The van der Waals surface area contributed by atoms with Gasteiger partial charge < -0.3 is 19.9 Å². The largest absolute Gasteiger partial charge is 0.506 e. The van der Waals surface area contributed by atoms with E-state index in [2.05, 4.69) is 5.32 Å². The number of carbonyl (C=O) groups excluding carboxylic acids is 2. The molecule has 0 fully saturated rings. The normalized spacial score (nSPS) is 13.0. The second kappa shape index (κ2) is 7.70. The average molecular weight is 341 g/mol. The minimum atomic E-state index is -0.329. The predicted molar refractivity (Wildman–Crippen MR) is 92.4 cm³/mol. The maximum absolute atomic E-state index is 12.3. The van der Waals surface area contributed by atoms with Crippen LogP contribution in [0.5, 0.6) is 17.2 Å². The van der Waals surface area contributed by atoms with Gasteiger partial charge in [0, 0.05) is 24.8 Å². The number of phenols is 1.